The average Bonchev–Trinajstić information content (AvgIpc) is 3.20. The van der Waals surface area contributed by atoms with Crippen LogP contribution < -0.4 is 0 Å². The summed E-state index contributed by atoms with van der Waals surface area (Å²) in [5.74, 6) is -0.0902. The highest BCUT2D eigenvalue weighted by Crippen LogP contribution is 2.32. The predicted octanol–water partition coefficient (Wildman–Crippen LogP) is 8.48. The molecule has 2 aliphatic rings. The van der Waals surface area contributed by atoms with Crippen molar-refractivity contribution in [3.63, 3.8) is 0 Å². The van der Waals surface area contributed by atoms with E-state index in [1.807, 2.05) is 113 Å². The second kappa shape index (κ2) is 18.4. The minimum absolute atomic E-state index is 0.124. The number of esters is 2. The fraction of sp³-hybridized carbons (Fsp3) is 0.417. The van der Waals surface area contributed by atoms with Gasteiger partial charge in [-0.1, -0.05) is 97.8 Å². The Hall–Kier alpha value is -4.92. The van der Waals surface area contributed by atoms with Crippen LogP contribution in [0.15, 0.2) is 109 Å². The van der Waals surface area contributed by atoms with Gasteiger partial charge < -0.3 is 9.47 Å². The Labute approximate surface area is 332 Å². The van der Waals surface area contributed by atoms with Gasteiger partial charge in [-0.15, -0.1) is 0 Å². The van der Waals surface area contributed by atoms with E-state index in [1.54, 1.807) is 24.3 Å². The summed E-state index contributed by atoms with van der Waals surface area (Å²) < 4.78 is 12.4. The van der Waals surface area contributed by atoms with Gasteiger partial charge in [0.2, 0.25) is 0 Å². The molecule has 8 heteroatoms. The van der Waals surface area contributed by atoms with Crippen molar-refractivity contribution >= 4 is 23.8 Å². The van der Waals surface area contributed by atoms with Gasteiger partial charge in [-0.2, -0.15) is 0 Å². The Balaban J connectivity index is 1.00. The Kier molecular flexibility index (Phi) is 13.3. The zero-order valence-corrected chi connectivity index (χ0v) is 33.5. The quantitative estimate of drug-likeness (QED) is 0.101. The molecule has 4 aromatic carbocycles. The number of rotatable bonds is 13. The van der Waals surface area contributed by atoms with E-state index in [0.717, 1.165) is 73.6 Å². The molecule has 6 rings (SSSR count). The van der Waals surface area contributed by atoms with Crippen LogP contribution in [-0.2, 0) is 31.9 Å². The van der Waals surface area contributed by atoms with Gasteiger partial charge in [-0.05, 0) is 85.0 Å². The summed E-state index contributed by atoms with van der Waals surface area (Å²) in [5.41, 5.74) is 5.11. The fourth-order valence-electron chi connectivity index (χ4n) is 8.42. The molecule has 0 aromatic heterocycles. The highest BCUT2D eigenvalue weighted by atomic mass is 16.5. The fourth-order valence-corrected chi connectivity index (χ4v) is 8.42. The van der Waals surface area contributed by atoms with Gasteiger partial charge in [0, 0.05) is 11.8 Å². The van der Waals surface area contributed by atoms with E-state index in [-0.39, 0.29) is 56.8 Å². The van der Waals surface area contributed by atoms with Crippen molar-refractivity contribution in [1.29, 1.82) is 0 Å². The van der Waals surface area contributed by atoms with Gasteiger partial charge in [-0.25, -0.2) is 19.2 Å². The van der Waals surface area contributed by atoms with Crippen LogP contribution in [-0.4, -0.2) is 86.2 Å². The highest BCUT2D eigenvalue weighted by molar-refractivity contribution is 5.90. The molecule has 0 N–H and O–H groups in total. The second-order valence-corrected chi connectivity index (χ2v) is 17.0. The third-order valence-corrected chi connectivity index (χ3v) is 11.9. The standard InChI is InChI=1S/C48H58N2O6/c1-49(2,33-41-19-11-13-21-43(41)55-47(53)39-15-7-5-8-16-39)45(51)31-35-23-27-37(28-24-35)38-29-25-36(26-30-38)32-46(52)50(3,4)34-42-20-12-14-22-44(42)56-48(54)40-17-9-6-10-18-40/h5-10,15-18,23-30,41-44H,11-14,19-22,31-34H2,1-4H3/q+2. The van der Waals surface area contributed by atoms with E-state index >= 15 is 0 Å². The minimum atomic E-state index is -0.296. The molecule has 2 aliphatic carbocycles. The van der Waals surface area contributed by atoms with Crippen LogP contribution in [0.4, 0.5) is 0 Å². The first-order valence-corrected chi connectivity index (χ1v) is 20.3. The van der Waals surface area contributed by atoms with Crippen LogP contribution in [0.25, 0.3) is 11.1 Å². The molecule has 0 radical (unpaired) electrons. The van der Waals surface area contributed by atoms with E-state index in [9.17, 15) is 19.2 Å². The summed E-state index contributed by atoms with van der Waals surface area (Å²) in [6.45, 7) is 1.25. The summed E-state index contributed by atoms with van der Waals surface area (Å²) >= 11 is 0. The van der Waals surface area contributed by atoms with Crippen LogP contribution in [0.3, 0.4) is 0 Å². The molecule has 294 valence electrons. The van der Waals surface area contributed by atoms with Gasteiger partial charge in [0.15, 0.2) is 0 Å². The number of amides is 2. The molecule has 4 unspecified atom stereocenters. The van der Waals surface area contributed by atoms with Gasteiger partial charge in [0.25, 0.3) is 0 Å². The summed E-state index contributed by atoms with van der Waals surface area (Å²) in [4.78, 5) is 53.0. The maximum atomic E-state index is 13.6. The van der Waals surface area contributed by atoms with Crippen LogP contribution in [0, 0.1) is 11.8 Å². The Morgan fingerprint density at radius 1 is 0.482 bits per heavy atom. The molecule has 0 saturated heterocycles. The monoisotopic (exact) mass is 758 g/mol. The Morgan fingerprint density at radius 3 is 1.18 bits per heavy atom. The average molecular weight is 759 g/mol. The number of nitrogens with zero attached hydrogens (tertiary/aromatic N) is 2. The van der Waals surface area contributed by atoms with Crippen LogP contribution in [0.1, 0.15) is 83.2 Å². The number of benzene rings is 4. The van der Waals surface area contributed by atoms with E-state index in [1.165, 1.54) is 0 Å². The van der Waals surface area contributed by atoms with Crippen molar-refractivity contribution in [2.45, 2.75) is 76.4 Å². The lowest BCUT2D eigenvalue weighted by Crippen LogP contribution is -2.52. The summed E-state index contributed by atoms with van der Waals surface area (Å²) in [7, 11) is 7.85. The lowest BCUT2D eigenvalue weighted by Gasteiger charge is -2.36. The molecular weight excluding hydrogens is 701 g/mol. The SMILES string of the molecule is C[N+](C)(CC1CCCCC1OC(=O)c1ccccc1)C(=O)Cc1ccc(-c2ccc(CC(=O)[N+](C)(C)CC3CCCCC3OC(=O)c3ccccc3)cc2)cc1. The second-order valence-electron chi connectivity index (χ2n) is 17.0. The van der Waals surface area contributed by atoms with Gasteiger partial charge in [-0.3, -0.25) is 8.97 Å². The Bertz CT molecular complexity index is 1800. The van der Waals surface area contributed by atoms with Crippen molar-refractivity contribution in [3.05, 3.63) is 131 Å². The van der Waals surface area contributed by atoms with Crippen molar-refractivity contribution in [2.24, 2.45) is 11.8 Å². The maximum absolute atomic E-state index is 13.6. The molecule has 0 spiro atoms. The van der Waals surface area contributed by atoms with Crippen LogP contribution in [0.5, 0.6) is 0 Å². The molecule has 2 saturated carbocycles. The molecule has 8 nitrogen and oxygen atoms in total. The number of hydrogen-bond acceptors (Lipinski definition) is 6. The van der Waals surface area contributed by atoms with Crippen LogP contribution in [0.2, 0.25) is 0 Å². The molecule has 2 fully saturated rings. The first-order valence-electron chi connectivity index (χ1n) is 20.3. The topological polar surface area (TPSA) is 86.7 Å². The molecular formula is C48H58N2O6+2. The Morgan fingerprint density at radius 2 is 0.821 bits per heavy atom. The third kappa shape index (κ3) is 10.7. The first-order chi connectivity index (χ1) is 26.9. The number of hydrogen-bond donors (Lipinski definition) is 0. The molecule has 0 aliphatic heterocycles. The first kappa shape index (κ1) is 40.7. The summed E-state index contributed by atoms with van der Waals surface area (Å²) in [6, 6.07) is 34.5. The van der Waals surface area contributed by atoms with Crippen LogP contribution >= 0.6 is 0 Å². The van der Waals surface area contributed by atoms with Gasteiger partial charge >= 0.3 is 23.8 Å². The number of quaternary nitrogens is 2. The van der Waals surface area contributed by atoms with Gasteiger partial charge in [0.05, 0.1) is 65.2 Å². The zero-order valence-electron chi connectivity index (χ0n) is 33.5. The third-order valence-electron chi connectivity index (χ3n) is 11.9. The van der Waals surface area contributed by atoms with Crippen molar-refractivity contribution < 1.29 is 37.6 Å². The zero-order chi connectivity index (χ0) is 39.7. The molecule has 4 aromatic rings. The van der Waals surface area contributed by atoms with Crippen molar-refractivity contribution in [1.82, 2.24) is 0 Å². The van der Waals surface area contributed by atoms with E-state index in [4.69, 9.17) is 9.47 Å². The number of ether oxygens (including phenoxy) is 2. The highest BCUT2D eigenvalue weighted by Gasteiger charge is 2.38. The number of likely N-dealkylation sites (N-methyl/N-ethyl adjacent to an activating group) is 2. The lowest BCUT2D eigenvalue weighted by atomic mass is 9.85. The van der Waals surface area contributed by atoms with E-state index in [0.29, 0.717) is 37.1 Å². The van der Waals surface area contributed by atoms with Crippen molar-refractivity contribution in [2.75, 3.05) is 41.3 Å². The molecule has 2 amide bonds. The molecule has 0 bridgehead atoms. The molecule has 0 heterocycles. The molecule has 56 heavy (non-hydrogen) atoms. The normalized spacial score (nSPS) is 20.1. The summed E-state index contributed by atoms with van der Waals surface area (Å²) in [6.07, 6.45) is 7.98. The number of carbonyl (C=O) groups excluding carboxylic acids is 4. The lowest BCUT2D eigenvalue weighted by molar-refractivity contribution is -0.818. The smallest absolute Gasteiger partial charge is 0.338 e. The molecule has 4 atom stereocenters. The minimum Gasteiger partial charge on any atom is -0.458 e. The predicted molar refractivity (Wildman–Crippen MR) is 218 cm³/mol. The maximum Gasteiger partial charge on any atom is 0.338 e. The van der Waals surface area contributed by atoms with Gasteiger partial charge in [0.1, 0.15) is 12.2 Å². The summed E-state index contributed by atoms with van der Waals surface area (Å²) in [5, 5.41) is 0. The van der Waals surface area contributed by atoms with E-state index < -0.39 is 0 Å². The van der Waals surface area contributed by atoms with Crippen molar-refractivity contribution in [3.8, 4) is 11.1 Å². The van der Waals surface area contributed by atoms with E-state index in [2.05, 4.69) is 0 Å². The largest absolute Gasteiger partial charge is 0.458 e. The number of carbonyl (C=O) groups is 4.